The van der Waals surface area contributed by atoms with E-state index >= 15 is 0 Å². The lowest BCUT2D eigenvalue weighted by atomic mass is 9.86. The van der Waals surface area contributed by atoms with Crippen LogP contribution in [-0.4, -0.2) is 24.2 Å². The average molecular weight is 466 g/mol. The van der Waals surface area contributed by atoms with E-state index in [-0.39, 0.29) is 12.3 Å². The van der Waals surface area contributed by atoms with E-state index in [2.05, 4.69) is 49.5 Å². The van der Waals surface area contributed by atoms with Crippen LogP contribution < -0.4 is 10.1 Å². The smallest absolute Gasteiger partial charge is 0.304 e. The Labute approximate surface area is 201 Å². The van der Waals surface area contributed by atoms with Crippen LogP contribution in [0.15, 0.2) is 66.7 Å². The fourth-order valence-electron chi connectivity index (χ4n) is 3.84. The van der Waals surface area contributed by atoms with Gasteiger partial charge in [-0.25, -0.2) is 0 Å². The van der Waals surface area contributed by atoms with E-state index in [4.69, 9.17) is 21.4 Å². The van der Waals surface area contributed by atoms with Gasteiger partial charge >= 0.3 is 5.97 Å². The van der Waals surface area contributed by atoms with Gasteiger partial charge in [0.1, 0.15) is 5.75 Å². The summed E-state index contributed by atoms with van der Waals surface area (Å²) in [5.41, 5.74) is 6.23. The van der Waals surface area contributed by atoms with Crippen LogP contribution in [0.1, 0.15) is 53.0 Å². The van der Waals surface area contributed by atoms with Gasteiger partial charge in [-0.05, 0) is 78.8 Å². The van der Waals surface area contributed by atoms with E-state index in [9.17, 15) is 4.79 Å². The molecule has 1 atom stereocenters. The van der Waals surface area contributed by atoms with Gasteiger partial charge in [0.05, 0.1) is 13.0 Å². The molecule has 5 heteroatoms. The molecule has 0 aliphatic heterocycles. The highest BCUT2D eigenvalue weighted by Gasteiger charge is 2.15. The summed E-state index contributed by atoms with van der Waals surface area (Å²) in [6.07, 6.45) is 2.01. The van der Waals surface area contributed by atoms with Crippen molar-refractivity contribution >= 4 is 17.6 Å². The number of hydrogen-bond donors (Lipinski definition) is 2. The van der Waals surface area contributed by atoms with Crippen LogP contribution in [0, 0.1) is 13.8 Å². The van der Waals surface area contributed by atoms with Crippen molar-refractivity contribution < 1.29 is 14.6 Å². The van der Waals surface area contributed by atoms with Crippen LogP contribution in [-0.2, 0) is 11.3 Å². The number of carbonyl (C=O) groups is 1. The Hall–Kier alpha value is -2.82. The second kappa shape index (κ2) is 12.4. The number of carboxylic acids is 1. The molecule has 0 amide bonds. The van der Waals surface area contributed by atoms with Gasteiger partial charge in [0, 0.05) is 24.0 Å². The number of nitrogens with one attached hydrogen (secondary N) is 1. The summed E-state index contributed by atoms with van der Waals surface area (Å²) in [4.78, 5) is 10.6. The van der Waals surface area contributed by atoms with Gasteiger partial charge in [-0.15, -0.1) is 0 Å². The molecule has 33 heavy (non-hydrogen) atoms. The van der Waals surface area contributed by atoms with Gasteiger partial charge in [0.2, 0.25) is 0 Å². The minimum absolute atomic E-state index is 0.125. The zero-order valence-electron chi connectivity index (χ0n) is 19.3. The van der Waals surface area contributed by atoms with Crippen molar-refractivity contribution in [1.29, 1.82) is 0 Å². The molecule has 3 aromatic carbocycles. The Kier molecular flexibility index (Phi) is 9.35. The fourth-order valence-corrected chi connectivity index (χ4v) is 4.04. The summed E-state index contributed by atoms with van der Waals surface area (Å²) in [7, 11) is 0. The van der Waals surface area contributed by atoms with Crippen LogP contribution in [0.3, 0.4) is 0 Å². The summed E-state index contributed by atoms with van der Waals surface area (Å²) < 4.78 is 5.98. The second-order valence-electron chi connectivity index (χ2n) is 8.41. The molecule has 3 aromatic rings. The van der Waals surface area contributed by atoms with Gasteiger partial charge in [-0.3, -0.25) is 4.79 Å². The Balaban J connectivity index is 1.55. The quantitative estimate of drug-likeness (QED) is 0.299. The van der Waals surface area contributed by atoms with Crippen molar-refractivity contribution in [3.05, 3.63) is 99.6 Å². The summed E-state index contributed by atoms with van der Waals surface area (Å²) in [6.45, 7) is 6.03. The molecule has 1 unspecified atom stereocenters. The molecule has 0 saturated carbocycles. The monoisotopic (exact) mass is 465 g/mol. The summed E-state index contributed by atoms with van der Waals surface area (Å²) >= 11 is 6.29. The Morgan fingerprint density at radius 3 is 2.45 bits per heavy atom. The first kappa shape index (κ1) is 24.8. The predicted molar refractivity (Wildman–Crippen MR) is 134 cm³/mol. The molecule has 0 spiro atoms. The minimum Gasteiger partial charge on any atom is -0.494 e. The highest BCUT2D eigenvalue weighted by molar-refractivity contribution is 6.30. The van der Waals surface area contributed by atoms with Crippen LogP contribution in [0.2, 0.25) is 5.02 Å². The minimum atomic E-state index is -0.790. The maximum absolute atomic E-state index is 10.6. The molecular weight excluding hydrogens is 434 g/mol. The van der Waals surface area contributed by atoms with Crippen molar-refractivity contribution in [2.75, 3.05) is 13.2 Å². The van der Waals surface area contributed by atoms with Crippen molar-refractivity contribution in [3.63, 3.8) is 0 Å². The van der Waals surface area contributed by atoms with E-state index in [0.717, 1.165) is 29.2 Å². The molecule has 0 bridgehead atoms. The highest BCUT2D eigenvalue weighted by atomic mass is 35.5. The molecule has 4 nitrogen and oxygen atoms in total. The topological polar surface area (TPSA) is 58.6 Å². The standard InChI is InChI=1S/C28H32ClNO3/c1-20-8-11-24(17-21(20)2)27(23-5-3-6-25(29)18-23)7-4-16-33-26-12-9-22(10-13-26)19-30-15-14-28(31)32/h3,5-6,8-13,17-18,27,30H,4,7,14-16,19H2,1-2H3,(H,31,32). The third-order valence-corrected chi connectivity index (χ3v) is 6.09. The van der Waals surface area contributed by atoms with E-state index in [1.54, 1.807) is 0 Å². The van der Waals surface area contributed by atoms with Gasteiger partial charge in [-0.2, -0.15) is 0 Å². The third kappa shape index (κ3) is 7.92. The number of aryl methyl sites for hydroxylation is 2. The molecule has 2 N–H and O–H groups in total. The van der Waals surface area contributed by atoms with Crippen molar-refractivity contribution in [2.45, 2.75) is 45.6 Å². The van der Waals surface area contributed by atoms with Crippen LogP contribution in [0.4, 0.5) is 0 Å². The fraction of sp³-hybridized carbons (Fsp3) is 0.321. The lowest BCUT2D eigenvalue weighted by Crippen LogP contribution is -2.17. The molecular formula is C28H32ClNO3. The molecule has 3 rings (SSSR count). The largest absolute Gasteiger partial charge is 0.494 e. The molecule has 0 radical (unpaired) electrons. The number of carboxylic acid groups (broad SMARTS) is 1. The zero-order valence-corrected chi connectivity index (χ0v) is 20.1. The van der Waals surface area contributed by atoms with Crippen molar-refractivity contribution in [1.82, 2.24) is 5.32 Å². The Bertz CT molecular complexity index is 1050. The van der Waals surface area contributed by atoms with E-state index in [1.165, 1.54) is 22.3 Å². The number of ether oxygens (including phenoxy) is 1. The SMILES string of the molecule is Cc1ccc(C(CCCOc2ccc(CNCCC(=O)O)cc2)c2cccc(Cl)c2)cc1C. The van der Waals surface area contributed by atoms with Gasteiger partial charge in [-0.1, -0.05) is 54.1 Å². The van der Waals surface area contributed by atoms with Gasteiger partial charge in [0.15, 0.2) is 0 Å². The number of hydrogen-bond acceptors (Lipinski definition) is 3. The molecule has 0 aromatic heterocycles. The Morgan fingerprint density at radius 1 is 1.00 bits per heavy atom. The maximum atomic E-state index is 10.6. The second-order valence-corrected chi connectivity index (χ2v) is 8.84. The number of rotatable bonds is 12. The van der Waals surface area contributed by atoms with Crippen LogP contribution in [0.5, 0.6) is 5.75 Å². The molecule has 0 heterocycles. The first-order valence-corrected chi connectivity index (χ1v) is 11.8. The summed E-state index contributed by atoms with van der Waals surface area (Å²) in [5.74, 6) is 0.321. The maximum Gasteiger partial charge on any atom is 0.304 e. The molecule has 0 saturated heterocycles. The molecule has 0 aliphatic carbocycles. The van der Waals surface area contributed by atoms with Crippen LogP contribution >= 0.6 is 11.6 Å². The van der Waals surface area contributed by atoms with Gasteiger partial charge in [0.25, 0.3) is 0 Å². The number of benzene rings is 3. The summed E-state index contributed by atoms with van der Waals surface area (Å²) in [5, 5.41) is 12.6. The number of aliphatic carboxylic acids is 1. The molecule has 174 valence electrons. The first-order chi connectivity index (χ1) is 15.9. The average Bonchev–Trinajstić information content (AvgIpc) is 2.79. The first-order valence-electron chi connectivity index (χ1n) is 11.4. The molecule has 0 fully saturated rings. The van der Waals surface area contributed by atoms with Crippen LogP contribution in [0.25, 0.3) is 0 Å². The normalized spacial score (nSPS) is 11.8. The van der Waals surface area contributed by atoms with E-state index in [0.29, 0.717) is 19.7 Å². The van der Waals surface area contributed by atoms with Crippen molar-refractivity contribution in [2.24, 2.45) is 0 Å². The highest BCUT2D eigenvalue weighted by Crippen LogP contribution is 2.32. The third-order valence-electron chi connectivity index (χ3n) is 5.86. The lowest BCUT2D eigenvalue weighted by molar-refractivity contribution is -0.136. The van der Waals surface area contributed by atoms with E-state index < -0.39 is 5.97 Å². The predicted octanol–water partition coefficient (Wildman–Crippen LogP) is 6.51. The van der Waals surface area contributed by atoms with Gasteiger partial charge < -0.3 is 15.2 Å². The van der Waals surface area contributed by atoms with E-state index in [1.807, 2.05) is 36.4 Å². The molecule has 0 aliphatic rings. The summed E-state index contributed by atoms with van der Waals surface area (Å²) in [6, 6.07) is 22.8. The zero-order chi connectivity index (χ0) is 23.6. The van der Waals surface area contributed by atoms with Crippen molar-refractivity contribution in [3.8, 4) is 5.75 Å². The Morgan fingerprint density at radius 2 is 1.76 bits per heavy atom. The lowest BCUT2D eigenvalue weighted by Gasteiger charge is -2.20. The number of halogens is 1.